The molecular formula is C19H20N2O7S. The van der Waals surface area contributed by atoms with Crippen LogP contribution in [0.15, 0.2) is 23.1 Å². The molecule has 3 amide bonds. The maximum Gasteiger partial charge on any atom is 0.341 e. The van der Waals surface area contributed by atoms with Crippen LogP contribution < -0.4 is 9.47 Å². The van der Waals surface area contributed by atoms with Crippen molar-refractivity contribution in [3.63, 3.8) is 0 Å². The van der Waals surface area contributed by atoms with E-state index in [0.717, 1.165) is 29.5 Å². The Hall–Kier alpha value is -3.01. The maximum absolute atomic E-state index is 12.7. The molecular weight excluding hydrogens is 400 g/mol. The number of hydrogen-bond donors (Lipinski definition) is 1. The van der Waals surface area contributed by atoms with Crippen molar-refractivity contribution >= 4 is 40.9 Å². The quantitative estimate of drug-likeness (QED) is 0.665. The lowest BCUT2D eigenvalue weighted by Crippen LogP contribution is -2.40. The number of methoxy groups -OCH3 is 1. The minimum Gasteiger partial charge on any atom is -0.493 e. The van der Waals surface area contributed by atoms with Gasteiger partial charge in [-0.25, -0.2) is 4.79 Å². The molecule has 29 heavy (non-hydrogen) atoms. The van der Waals surface area contributed by atoms with Gasteiger partial charge in [0.25, 0.3) is 11.1 Å². The van der Waals surface area contributed by atoms with Crippen LogP contribution >= 0.6 is 11.8 Å². The molecule has 9 nitrogen and oxygen atoms in total. The van der Waals surface area contributed by atoms with E-state index >= 15 is 0 Å². The number of thioether (sulfide) groups is 1. The fourth-order valence-electron chi connectivity index (χ4n) is 3.07. The Kier molecular flexibility index (Phi) is 6.42. The third-order valence-electron chi connectivity index (χ3n) is 4.48. The van der Waals surface area contributed by atoms with E-state index in [-0.39, 0.29) is 23.1 Å². The van der Waals surface area contributed by atoms with Gasteiger partial charge in [0, 0.05) is 18.7 Å². The molecule has 10 heteroatoms. The predicted molar refractivity (Wildman–Crippen MR) is 105 cm³/mol. The largest absolute Gasteiger partial charge is 0.493 e. The van der Waals surface area contributed by atoms with E-state index in [1.807, 2.05) is 0 Å². The summed E-state index contributed by atoms with van der Waals surface area (Å²) < 4.78 is 10.5. The summed E-state index contributed by atoms with van der Waals surface area (Å²) in [4.78, 5) is 50.8. The van der Waals surface area contributed by atoms with Crippen molar-refractivity contribution < 1.29 is 33.8 Å². The Morgan fingerprint density at radius 1 is 1.24 bits per heavy atom. The molecule has 2 fully saturated rings. The number of carboxylic acids is 1. The number of para-hydroxylation sites is 1. The Balaban J connectivity index is 1.81. The van der Waals surface area contributed by atoms with Crippen molar-refractivity contribution in [2.75, 3.05) is 33.4 Å². The highest BCUT2D eigenvalue weighted by Gasteiger charge is 2.37. The van der Waals surface area contributed by atoms with Crippen LogP contribution in [-0.4, -0.2) is 71.3 Å². The van der Waals surface area contributed by atoms with Gasteiger partial charge in [0.05, 0.1) is 12.0 Å². The Bertz CT molecular complexity index is 877. The molecule has 0 unspecified atom stereocenters. The average Bonchev–Trinajstić information content (AvgIpc) is 3.31. The van der Waals surface area contributed by atoms with E-state index in [9.17, 15) is 19.2 Å². The van der Waals surface area contributed by atoms with Crippen molar-refractivity contribution in [2.24, 2.45) is 0 Å². The van der Waals surface area contributed by atoms with Gasteiger partial charge in [-0.2, -0.15) is 0 Å². The highest BCUT2D eigenvalue weighted by Crippen LogP contribution is 2.37. The molecule has 0 aromatic heterocycles. The predicted octanol–water partition coefficient (Wildman–Crippen LogP) is 1.82. The minimum absolute atomic E-state index is 0.123. The second kappa shape index (κ2) is 8.99. The Morgan fingerprint density at radius 3 is 2.62 bits per heavy atom. The Morgan fingerprint density at radius 2 is 1.97 bits per heavy atom. The molecule has 3 rings (SSSR count). The number of carbonyl (C=O) groups is 4. The van der Waals surface area contributed by atoms with Crippen LogP contribution in [0.4, 0.5) is 4.79 Å². The summed E-state index contributed by atoms with van der Waals surface area (Å²) in [5.41, 5.74) is 0.391. The molecule has 0 aliphatic carbocycles. The van der Waals surface area contributed by atoms with Gasteiger partial charge in [-0.15, -0.1) is 0 Å². The second-order valence-electron chi connectivity index (χ2n) is 6.42. The first kappa shape index (κ1) is 20.7. The zero-order valence-corrected chi connectivity index (χ0v) is 16.6. The fraction of sp³-hybridized carbons (Fsp3) is 0.368. The van der Waals surface area contributed by atoms with Crippen LogP contribution in [0.5, 0.6) is 11.5 Å². The first-order chi connectivity index (χ1) is 13.9. The normalized spacial score (nSPS) is 17.9. The van der Waals surface area contributed by atoms with E-state index in [1.54, 1.807) is 23.1 Å². The lowest BCUT2D eigenvalue weighted by molar-refractivity contribution is -0.139. The number of ether oxygens (including phenoxy) is 2. The maximum atomic E-state index is 12.7. The standard InChI is InChI=1S/C19H20N2O7S/c1-27-13-6-4-5-12(17(13)28-11-16(23)24)9-14-18(25)21(19(26)29-14)10-15(22)20-7-2-3-8-20/h4-6,9H,2-3,7-8,10-11H2,1H3,(H,23,24)/b14-9-. The zero-order valence-electron chi connectivity index (χ0n) is 15.8. The monoisotopic (exact) mass is 420 g/mol. The van der Waals surface area contributed by atoms with Gasteiger partial charge in [-0.1, -0.05) is 12.1 Å². The number of carboxylic acid groups (broad SMARTS) is 1. The molecule has 154 valence electrons. The van der Waals surface area contributed by atoms with E-state index in [1.165, 1.54) is 13.2 Å². The lowest BCUT2D eigenvalue weighted by atomic mass is 10.1. The molecule has 1 aromatic rings. The molecule has 0 bridgehead atoms. The lowest BCUT2D eigenvalue weighted by Gasteiger charge is -2.18. The number of likely N-dealkylation sites (tertiary alicyclic amines) is 1. The summed E-state index contributed by atoms with van der Waals surface area (Å²) in [6.45, 7) is 0.396. The van der Waals surface area contributed by atoms with Crippen LogP contribution in [0.2, 0.25) is 0 Å². The summed E-state index contributed by atoms with van der Waals surface area (Å²) in [5.74, 6) is -1.54. The highest BCUT2D eigenvalue weighted by atomic mass is 32.2. The second-order valence-corrected chi connectivity index (χ2v) is 7.41. The van der Waals surface area contributed by atoms with Crippen LogP contribution in [0.25, 0.3) is 6.08 Å². The van der Waals surface area contributed by atoms with Crippen molar-refractivity contribution in [3.8, 4) is 11.5 Å². The number of aliphatic carboxylic acids is 1. The zero-order chi connectivity index (χ0) is 21.0. The van der Waals surface area contributed by atoms with Gasteiger partial charge >= 0.3 is 5.97 Å². The van der Waals surface area contributed by atoms with Crippen LogP contribution in [-0.2, 0) is 14.4 Å². The molecule has 0 saturated carbocycles. The van der Waals surface area contributed by atoms with E-state index in [4.69, 9.17) is 14.6 Å². The van der Waals surface area contributed by atoms with Crippen molar-refractivity contribution in [3.05, 3.63) is 28.7 Å². The number of hydrogen-bond acceptors (Lipinski definition) is 7. The molecule has 2 aliphatic rings. The summed E-state index contributed by atoms with van der Waals surface area (Å²) in [5, 5.41) is 8.35. The van der Waals surface area contributed by atoms with Gasteiger partial charge in [0.2, 0.25) is 5.91 Å². The molecule has 0 atom stereocenters. The first-order valence-electron chi connectivity index (χ1n) is 8.95. The SMILES string of the molecule is COc1cccc(/C=C2\SC(=O)N(CC(=O)N3CCCC3)C2=O)c1OCC(=O)O. The summed E-state index contributed by atoms with van der Waals surface area (Å²) in [6.07, 6.45) is 3.27. The van der Waals surface area contributed by atoms with E-state index < -0.39 is 23.7 Å². The summed E-state index contributed by atoms with van der Waals surface area (Å²) in [7, 11) is 1.41. The fourth-order valence-corrected chi connectivity index (χ4v) is 3.90. The molecule has 1 N–H and O–H groups in total. The molecule has 2 heterocycles. The van der Waals surface area contributed by atoms with Crippen LogP contribution in [0, 0.1) is 0 Å². The third-order valence-corrected chi connectivity index (χ3v) is 5.39. The molecule has 2 aliphatic heterocycles. The number of nitrogens with zero attached hydrogens (tertiary/aromatic N) is 2. The van der Waals surface area contributed by atoms with Crippen molar-refractivity contribution in [1.29, 1.82) is 0 Å². The van der Waals surface area contributed by atoms with Crippen molar-refractivity contribution in [1.82, 2.24) is 9.80 Å². The number of imide groups is 1. The van der Waals surface area contributed by atoms with Gasteiger partial charge in [-0.3, -0.25) is 19.3 Å². The molecule has 0 spiro atoms. The number of benzene rings is 1. The van der Waals surface area contributed by atoms with Crippen molar-refractivity contribution in [2.45, 2.75) is 12.8 Å². The van der Waals surface area contributed by atoms with Gasteiger partial charge < -0.3 is 19.5 Å². The van der Waals surface area contributed by atoms with E-state index in [2.05, 4.69) is 0 Å². The van der Waals surface area contributed by atoms with Gasteiger partial charge in [0.15, 0.2) is 18.1 Å². The minimum atomic E-state index is -1.16. The van der Waals surface area contributed by atoms with Crippen LogP contribution in [0.3, 0.4) is 0 Å². The summed E-state index contributed by atoms with van der Waals surface area (Å²) in [6, 6.07) is 4.86. The average molecular weight is 420 g/mol. The van der Waals surface area contributed by atoms with Gasteiger partial charge in [-0.05, 0) is 36.7 Å². The molecule has 0 radical (unpaired) electrons. The third kappa shape index (κ3) is 4.70. The summed E-state index contributed by atoms with van der Waals surface area (Å²) >= 11 is 0.723. The number of carbonyl (C=O) groups excluding carboxylic acids is 3. The first-order valence-corrected chi connectivity index (χ1v) is 9.77. The Labute approximate surface area is 171 Å². The van der Waals surface area contributed by atoms with Gasteiger partial charge in [0.1, 0.15) is 6.54 Å². The topological polar surface area (TPSA) is 113 Å². The molecule has 1 aromatic carbocycles. The smallest absolute Gasteiger partial charge is 0.341 e. The number of rotatable bonds is 7. The molecule has 2 saturated heterocycles. The number of amides is 3. The van der Waals surface area contributed by atoms with Crippen LogP contribution in [0.1, 0.15) is 18.4 Å². The highest BCUT2D eigenvalue weighted by molar-refractivity contribution is 8.18. The van der Waals surface area contributed by atoms with E-state index in [0.29, 0.717) is 24.4 Å².